The average molecular weight is 311 g/mol. The maximum absolute atomic E-state index is 11.9. The van der Waals surface area contributed by atoms with E-state index < -0.39 is 0 Å². The molecule has 3 N–H and O–H groups in total. The molecule has 1 aliphatic carbocycles. The number of hydrogen-bond acceptors (Lipinski definition) is 5. The van der Waals surface area contributed by atoms with Crippen LogP contribution in [0.5, 0.6) is 0 Å². The van der Waals surface area contributed by atoms with Gasteiger partial charge in [-0.05, 0) is 25.3 Å². The van der Waals surface area contributed by atoms with E-state index in [0.29, 0.717) is 24.8 Å². The number of esters is 1. The molecule has 0 aromatic rings. The summed E-state index contributed by atoms with van der Waals surface area (Å²) in [6.45, 7) is 1.18. The summed E-state index contributed by atoms with van der Waals surface area (Å²) >= 11 is 1.46. The number of methoxy groups -OCH3 is 1. The molecule has 0 unspecified atom stereocenters. The number of carbonyl (C=O) groups is 2. The molecule has 5 nitrogen and oxygen atoms in total. The molecule has 0 aliphatic heterocycles. The lowest BCUT2D eigenvalue weighted by Gasteiger charge is -2.17. The van der Waals surface area contributed by atoms with Crippen molar-refractivity contribution in [3.63, 3.8) is 0 Å². The van der Waals surface area contributed by atoms with Gasteiger partial charge >= 0.3 is 5.97 Å². The van der Waals surface area contributed by atoms with Crippen molar-refractivity contribution >= 4 is 36.0 Å². The molecular formula is C12H23ClN2O3S. The van der Waals surface area contributed by atoms with Gasteiger partial charge < -0.3 is 15.8 Å². The molecule has 0 saturated heterocycles. The van der Waals surface area contributed by atoms with Gasteiger partial charge in [0.1, 0.15) is 0 Å². The maximum atomic E-state index is 11.9. The molecule has 1 aliphatic rings. The number of carbonyl (C=O) groups excluding carboxylic acids is 2. The zero-order valence-corrected chi connectivity index (χ0v) is 12.9. The highest BCUT2D eigenvalue weighted by Crippen LogP contribution is 2.30. The lowest BCUT2D eigenvalue weighted by Crippen LogP contribution is -2.36. The fraction of sp³-hybridized carbons (Fsp3) is 0.833. The number of amides is 1. The number of nitrogens with two attached hydrogens (primary N) is 1. The van der Waals surface area contributed by atoms with Crippen molar-refractivity contribution < 1.29 is 14.3 Å². The topological polar surface area (TPSA) is 81.4 Å². The largest absolute Gasteiger partial charge is 0.468 e. The Hall–Kier alpha value is -0.460. The van der Waals surface area contributed by atoms with Crippen LogP contribution in [0.4, 0.5) is 0 Å². The lowest BCUT2D eigenvalue weighted by molar-refractivity contribution is -0.137. The van der Waals surface area contributed by atoms with E-state index in [4.69, 9.17) is 5.73 Å². The zero-order chi connectivity index (χ0) is 13.4. The predicted octanol–water partition coefficient (Wildman–Crippen LogP) is 0.806. The van der Waals surface area contributed by atoms with Gasteiger partial charge in [-0.2, -0.15) is 0 Å². The molecule has 0 bridgehead atoms. The van der Waals surface area contributed by atoms with Crippen LogP contribution in [0.3, 0.4) is 0 Å². The van der Waals surface area contributed by atoms with Gasteiger partial charge in [-0.3, -0.25) is 9.59 Å². The summed E-state index contributed by atoms with van der Waals surface area (Å²) in [5, 5.41) is 2.91. The highest BCUT2D eigenvalue weighted by Gasteiger charge is 2.31. The molecule has 112 valence electrons. The SMILES string of the molecule is COC(=O)CSCCNC(=O)[C@@H]1CCC[C@@H]1CN.Cl. The molecule has 1 fully saturated rings. The minimum atomic E-state index is -0.231. The van der Waals surface area contributed by atoms with Crippen LogP contribution in [0.25, 0.3) is 0 Å². The van der Waals surface area contributed by atoms with Crippen molar-refractivity contribution in [2.24, 2.45) is 17.6 Å². The summed E-state index contributed by atoms with van der Waals surface area (Å²) in [7, 11) is 1.37. The minimum absolute atomic E-state index is 0. The molecule has 19 heavy (non-hydrogen) atoms. The first-order valence-electron chi connectivity index (χ1n) is 6.31. The summed E-state index contributed by atoms with van der Waals surface area (Å²) in [6, 6.07) is 0. The number of rotatable bonds is 7. The number of hydrogen-bond donors (Lipinski definition) is 2. The van der Waals surface area contributed by atoms with E-state index in [2.05, 4.69) is 10.1 Å². The van der Waals surface area contributed by atoms with Crippen molar-refractivity contribution in [1.82, 2.24) is 5.32 Å². The van der Waals surface area contributed by atoms with Crippen LogP contribution in [-0.4, -0.2) is 43.6 Å². The van der Waals surface area contributed by atoms with Gasteiger partial charge in [-0.1, -0.05) is 6.42 Å². The van der Waals surface area contributed by atoms with Crippen molar-refractivity contribution in [1.29, 1.82) is 0 Å². The Morgan fingerprint density at radius 2 is 2.16 bits per heavy atom. The molecule has 7 heteroatoms. The molecule has 1 saturated carbocycles. The highest BCUT2D eigenvalue weighted by molar-refractivity contribution is 7.99. The molecule has 0 spiro atoms. The number of ether oxygens (including phenoxy) is 1. The van der Waals surface area contributed by atoms with Gasteiger partial charge in [0.05, 0.1) is 12.9 Å². The first-order chi connectivity index (χ1) is 8.69. The first kappa shape index (κ1) is 18.5. The summed E-state index contributed by atoms with van der Waals surface area (Å²) < 4.78 is 4.53. The summed E-state index contributed by atoms with van der Waals surface area (Å²) in [5.41, 5.74) is 5.65. The maximum Gasteiger partial charge on any atom is 0.315 e. The van der Waals surface area contributed by atoms with E-state index in [0.717, 1.165) is 25.0 Å². The van der Waals surface area contributed by atoms with Gasteiger partial charge in [-0.25, -0.2) is 0 Å². The standard InChI is InChI=1S/C12H22N2O3S.ClH/c1-17-11(15)8-18-6-5-14-12(16)10-4-2-3-9(10)7-13;/h9-10H,2-8,13H2,1H3,(H,14,16);1H/t9-,10-;/m1./s1. The zero-order valence-electron chi connectivity index (χ0n) is 11.2. The van der Waals surface area contributed by atoms with E-state index in [1.54, 1.807) is 0 Å². The van der Waals surface area contributed by atoms with Gasteiger partial charge in [-0.15, -0.1) is 24.2 Å². The second-order valence-electron chi connectivity index (χ2n) is 4.45. The van der Waals surface area contributed by atoms with Crippen molar-refractivity contribution in [2.45, 2.75) is 19.3 Å². The molecule has 1 rings (SSSR count). The first-order valence-corrected chi connectivity index (χ1v) is 7.46. The molecule has 0 radical (unpaired) electrons. The number of nitrogens with one attached hydrogen (secondary N) is 1. The fourth-order valence-electron chi connectivity index (χ4n) is 2.26. The minimum Gasteiger partial charge on any atom is -0.468 e. The van der Waals surface area contributed by atoms with Crippen molar-refractivity contribution in [3.8, 4) is 0 Å². The third-order valence-electron chi connectivity index (χ3n) is 3.29. The normalized spacial score (nSPS) is 21.6. The molecular weight excluding hydrogens is 288 g/mol. The van der Waals surface area contributed by atoms with Crippen LogP contribution in [-0.2, 0) is 14.3 Å². The third kappa shape index (κ3) is 6.49. The fourth-order valence-corrected chi connectivity index (χ4v) is 2.93. The number of halogens is 1. The van der Waals surface area contributed by atoms with Crippen LogP contribution in [0.2, 0.25) is 0 Å². The third-order valence-corrected chi connectivity index (χ3v) is 4.22. The van der Waals surface area contributed by atoms with Crippen LogP contribution in [0.15, 0.2) is 0 Å². The van der Waals surface area contributed by atoms with Gasteiger partial charge in [0, 0.05) is 18.2 Å². The van der Waals surface area contributed by atoms with Crippen molar-refractivity contribution in [2.75, 3.05) is 31.7 Å². The second kappa shape index (κ2) is 10.3. The quantitative estimate of drug-likeness (QED) is 0.537. The molecule has 0 heterocycles. The average Bonchev–Trinajstić information content (AvgIpc) is 2.86. The summed E-state index contributed by atoms with van der Waals surface area (Å²) in [4.78, 5) is 22.8. The van der Waals surface area contributed by atoms with Crippen LogP contribution in [0.1, 0.15) is 19.3 Å². The Labute approximate surface area is 124 Å². The highest BCUT2D eigenvalue weighted by atomic mass is 35.5. The van der Waals surface area contributed by atoms with Crippen molar-refractivity contribution in [3.05, 3.63) is 0 Å². The van der Waals surface area contributed by atoms with Crippen LogP contribution >= 0.6 is 24.2 Å². The Morgan fingerprint density at radius 3 is 2.79 bits per heavy atom. The van der Waals surface area contributed by atoms with Gasteiger partial charge in [0.15, 0.2) is 0 Å². The molecule has 0 aromatic carbocycles. The Bertz CT molecular complexity index is 292. The van der Waals surface area contributed by atoms with E-state index in [9.17, 15) is 9.59 Å². The lowest BCUT2D eigenvalue weighted by atomic mass is 9.95. The van der Waals surface area contributed by atoms with E-state index >= 15 is 0 Å². The van der Waals surface area contributed by atoms with Crippen LogP contribution in [0, 0.1) is 11.8 Å². The molecule has 0 aromatic heterocycles. The van der Waals surface area contributed by atoms with E-state index in [1.807, 2.05) is 0 Å². The van der Waals surface area contributed by atoms with E-state index in [1.165, 1.54) is 18.9 Å². The molecule has 2 atom stereocenters. The summed E-state index contributed by atoms with van der Waals surface area (Å²) in [6.07, 6.45) is 3.10. The summed E-state index contributed by atoms with van der Waals surface area (Å²) in [5.74, 6) is 1.36. The monoisotopic (exact) mass is 310 g/mol. The smallest absolute Gasteiger partial charge is 0.315 e. The second-order valence-corrected chi connectivity index (χ2v) is 5.56. The Balaban J connectivity index is 0.00000324. The number of thioether (sulfide) groups is 1. The van der Waals surface area contributed by atoms with Gasteiger partial charge in [0.25, 0.3) is 0 Å². The van der Waals surface area contributed by atoms with Gasteiger partial charge in [0.2, 0.25) is 5.91 Å². The van der Waals surface area contributed by atoms with E-state index in [-0.39, 0.29) is 30.2 Å². The van der Waals surface area contributed by atoms with Crippen LogP contribution < -0.4 is 11.1 Å². The Kier molecular flexibility index (Phi) is 10.1. The molecule has 1 amide bonds. The Morgan fingerprint density at radius 1 is 1.42 bits per heavy atom. The predicted molar refractivity (Wildman–Crippen MR) is 79.5 cm³/mol.